The van der Waals surface area contributed by atoms with Gasteiger partial charge in [0.2, 0.25) is 0 Å². The Bertz CT molecular complexity index is 494. The number of aromatic nitrogens is 2. The number of hydrogen-bond donors (Lipinski definition) is 2. The number of nitrogens with one attached hydrogen (secondary N) is 1. The van der Waals surface area contributed by atoms with Crippen LogP contribution in [-0.4, -0.2) is 45.1 Å². The van der Waals surface area contributed by atoms with Crippen molar-refractivity contribution in [2.45, 2.75) is 26.3 Å². The van der Waals surface area contributed by atoms with E-state index in [-0.39, 0.29) is 12.6 Å². The number of likely N-dealkylation sites (tertiary alicyclic amines) is 1. The Morgan fingerprint density at radius 2 is 2.35 bits per heavy atom. The predicted octanol–water partition coefficient (Wildman–Crippen LogP) is 0.873. The van der Waals surface area contributed by atoms with Crippen molar-refractivity contribution in [3.63, 3.8) is 0 Å². The van der Waals surface area contributed by atoms with Crippen molar-refractivity contribution in [3.05, 3.63) is 24.3 Å². The largest absolute Gasteiger partial charge is 0.481 e. The van der Waals surface area contributed by atoms with E-state index in [1.165, 1.54) is 6.33 Å². The number of hydrogen-bond acceptors (Lipinski definition) is 4. The van der Waals surface area contributed by atoms with Gasteiger partial charge in [0.15, 0.2) is 0 Å². The predicted molar refractivity (Wildman–Crippen MR) is 70.8 cm³/mol. The third-order valence-corrected chi connectivity index (χ3v) is 3.84. The number of rotatable bonds is 4. The first-order chi connectivity index (χ1) is 9.57. The molecule has 1 aliphatic rings. The van der Waals surface area contributed by atoms with E-state index in [4.69, 9.17) is 0 Å². The van der Waals surface area contributed by atoms with Gasteiger partial charge in [0.25, 0.3) is 0 Å². The Kier molecular flexibility index (Phi) is 4.16. The quantitative estimate of drug-likeness (QED) is 0.852. The molecule has 0 bridgehead atoms. The monoisotopic (exact) mass is 278 g/mol. The average molecular weight is 278 g/mol. The van der Waals surface area contributed by atoms with Gasteiger partial charge in [0.05, 0.1) is 17.7 Å². The Hall–Kier alpha value is -2.18. The van der Waals surface area contributed by atoms with Crippen LogP contribution in [0, 0.1) is 5.41 Å². The fourth-order valence-electron chi connectivity index (χ4n) is 2.36. The van der Waals surface area contributed by atoms with Crippen LogP contribution >= 0.6 is 0 Å². The summed E-state index contributed by atoms with van der Waals surface area (Å²) in [6.45, 7) is 2.88. The standard InChI is InChI=1S/C13H18N4O3/c1-2-13(11(18)19)4-6-17(8-13)12(20)15-7-10-3-5-14-9-16-10/h3,5,9H,2,4,6-8H2,1H3,(H,15,20)(H,18,19). The van der Waals surface area contributed by atoms with Crippen molar-refractivity contribution in [1.82, 2.24) is 20.2 Å². The van der Waals surface area contributed by atoms with Gasteiger partial charge in [-0.2, -0.15) is 0 Å². The molecule has 1 unspecified atom stereocenters. The van der Waals surface area contributed by atoms with Crippen LogP contribution < -0.4 is 5.32 Å². The molecule has 20 heavy (non-hydrogen) atoms. The van der Waals surface area contributed by atoms with E-state index in [0.29, 0.717) is 31.6 Å². The molecule has 2 rings (SSSR count). The van der Waals surface area contributed by atoms with Crippen LogP contribution in [0.15, 0.2) is 18.6 Å². The lowest BCUT2D eigenvalue weighted by Crippen LogP contribution is -2.41. The zero-order valence-corrected chi connectivity index (χ0v) is 11.4. The van der Waals surface area contributed by atoms with Crippen LogP contribution in [-0.2, 0) is 11.3 Å². The van der Waals surface area contributed by atoms with Gasteiger partial charge in [-0.1, -0.05) is 6.92 Å². The number of carbonyl (C=O) groups excluding carboxylic acids is 1. The lowest BCUT2D eigenvalue weighted by molar-refractivity contribution is -0.148. The first kappa shape index (κ1) is 14.2. The zero-order valence-electron chi connectivity index (χ0n) is 11.4. The summed E-state index contributed by atoms with van der Waals surface area (Å²) in [7, 11) is 0. The molecule has 0 radical (unpaired) electrons. The SMILES string of the molecule is CCC1(C(=O)O)CCN(C(=O)NCc2ccncn2)C1. The fourth-order valence-corrected chi connectivity index (χ4v) is 2.36. The summed E-state index contributed by atoms with van der Waals surface area (Å²) >= 11 is 0. The van der Waals surface area contributed by atoms with E-state index < -0.39 is 11.4 Å². The highest BCUT2D eigenvalue weighted by Crippen LogP contribution is 2.34. The molecule has 7 nitrogen and oxygen atoms in total. The third-order valence-electron chi connectivity index (χ3n) is 3.84. The summed E-state index contributed by atoms with van der Waals surface area (Å²) in [5.41, 5.74) is -0.0840. The minimum Gasteiger partial charge on any atom is -0.481 e. The van der Waals surface area contributed by atoms with Crippen molar-refractivity contribution >= 4 is 12.0 Å². The molecule has 1 fully saturated rings. The number of nitrogens with zero attached hydrogens (tertiary/aromatic N) is 3. The number of carboxylic acids is 1. The lowest BCUT2D eigenvalue weighted by Gasteiger charge is -2.23. The van der Waals surface area contributed by atoms with Crippen LogP contribution in [0.5, 0.6) is 0 Å². The molecular weight excluding hydrogens is 260 g/mol. The average Bonchev–Trinajstić information content (AvgIpc) is 2.92. The van der Waals surface area contributed by atoms with Gasteiger partial charge < -0.3 is 15.3 Å². The van der Waals surface area contributed by atoms with E-state index in [1.54, 1.807) is 17.2 Å². The minimum absolute atomic E-state index is 0.250. The summed E-state index contributed by atoms with van der Waals surface area (Å²) in [5.74, 6) is -0.828. The molecule has 2 heterocycles. The second-order valence-corrected chi connectivity index (χ2v) is 4.97. The van der Waals surface area contributed by atoms with E-state index in [0.717, 1.165) is 0 Å². The molecule has 1 saturated heterocycles. The topological polar surface area (TPSA) is 95.4 Å². The van der Waals surface area contributed by atoms with E-state index in [1.807, 2.05) is 6.92 Å². The van der Waals surface area contributed by atoms with E-state index in [2.05, 4.69) is 15.3 Å². The molecule has 0 spiro atoms. The van der Waals surface area contributed by atoms with Crippen LogP contribution in [0.2, 0.25) is 0 Å². The van der Waals surface area contributed by atoms with Gasteiger partial charge in [-0.05, 0) is 18.9 Å². The fraction of sp³-hybridized carbons (Fsp3) is 0.538. The van der Waals surface area contributed by atoms with Gasteiger partial charge in [-0.25, -0.2) is 14.8 Å². The number of aliphatic carboxylic acids is 1. The van der Waals surface area contributed by atoms with Gasteiger partial charge >= 0.3 is 12.0 Å². The third kappa shape index (κ3) is 2.87. The van der Waals surface area contributed by atoms with E-state index >= 15 is 0 Å². The molecule has 0 saturated carbocycles. The number of urea groups is 1. The maximum absolute atomic E-state index is 12.0. The second kappa shape index (κ2) is 5.85. The van der Waals surface area contributed by atoms with Crippen LogP contribution in [0.1, 0.15) is 25.5 Å². The first-order valence-electron chi connectivity index (χ1n) is 6.58. The molecule has 1 aromatic heterocycles. The maximum Gasteiger partial charge on any atom is 0.317 e. The van der Waals surface area contributed by atoms with Gasteiger partial charge in [-0.15, -0.1) is 0 Å². The van der Waals surface area contributed by atoms with Crippen molar-refractivity contribution in [2.24, 2.45) is 5.41 Å². The van der Waals surface area contributed by atoms with Crippen LogP contribution in [0.25, 0.3) is 0 Å². The maximum atomic E-state index is 12.0. The second-order valence-electron chi connectivity index (χ2n) is 4.97. The van der Waals surface area contributed by atoms with Gasteiger partial charge in [0.1, 0.15) is 6.33 Å². The summed E-state index contributed by atoms with van der Waals surface area (Å²) in [4.78, 5) is 32.7. The minimum atomic E-state index is -0.828. The molecule has 1 aromatic rings. The first-order valence-corrected chi connectivity index (χ1v) is 6.58. The van der Waals surface area contributed by atoms with Crippen LogP contribution in [0.4, 0.5) is 4.79 Å². The highest BCUT2D eigenvalue weighted by molar-refractivity contribution is 5.79. The Balaban J connectivity index is 1.90. The molecule has 0 aliphatic carbocycles. The highest BCUT2D eigenvalue weighted by atomic mass is 16.4. The summed E-state index contributed by atoms with van der Waals surface area (Å²) < 4.78 is 0. The summed E-state index contributed by atoms with van der Waals surface area (Å²) in [6, 6.07) is 1.47. The Morgan fingerprint density at radius 1 is 1.55 bits per heavy atom. The molecule has 0 aromatic carbocycles. The molecule has 7 heteroatoms. The van der Waals surface area contributed by atoms with Crippen molar-refractivity contribution in [2.75, 3.05) is 13.1 Å². The zero-order chi connectivity index (χ0) is 14.6. The number of carbonyl (C=O) groups is 2. The molecule has 2 N–H and O–H groups in total. The van der Waals surface area contributed by atoms with Crippen molar-refractivity contribution < 1.29 is 14.7 Å². The van der Waals surface area contributed by atoms with Gasteiger partial charge in [0, 0.05) is 19.3 Å². The summed E-state index contributed by atoms with van der Waals surface area (Å²) in [5, 5.41) is 12.0. The normalized spacial score (nSPS) is 21.8. The number of amides is 2. The Morgan fingerprint density at radius 3 is 2.90 bits per heavy atom. The highest BCUT2D eigenvalue weighted by Gasteiger charge is 2.44. The van der Waals surface area contributed by atoms with Crippen molar-refractivity contribution in [1.29, 1.82) is 0 Å². The van der Waals surface area contributed by atoms with E-state index in [9.17, 15) is 14.7 Å². The van der Waals surface area contributed by atoms with Gasteiger partial charge in [-0.3, -0.25) is 4.79 Å². The lowest BCUT2D eigenvalue weighted by atomic mass is 9.84. The molecule has 2 amide bonds. The molecule has 108 valence electrons. The smallest absolute Gasteiger partial charge is 0.317 e. The molecular formula is C13H18N4O3. The van der Waals surface area contributed by atoms with Crippen molar-refractivity contribution in [3.8, 4) is 0 Å². The Labute approximate surface area is 117 Å². The number of carboxylic acid groups (broad SMARTS) is 1. The summed E-state index contributed by atoms with van der Waals surface area (Å²) in [6.07, 6.45) is 4.05. The molecule has 1 atom stereocenters. The van der Waals surface area contributed by atoms with Crippen LogP contribution in [0.3, 0.4) is 0 Å². The molecule has 1 aliphatic heterocycles.